The second-order valence-corrected chi connectivity index (χ2v) is 10.9. The molecule has 16 heteroatoms. The van der Waals surface area contributed by atoms with Crippen LogP contribution in [-0.4, -0.2) is 57.3 Å². The van der Waals surface area contributed by atoms with Crippen molar-refractivity contribution < 1.29 is 36.6 Å². The number of amides is 3. The molecular weight excluding hydrogens is 630 g/mol. The summed E-state index contributed by atoms with van der Waals surface area (Å²) in [6, 6.07) is 13.6. The van der Waals surface area contributed by atoms with Crippen molar-refractivity contribution in [1.29, 1.82) is 0 Å². The third kappa shape index (κ3) is 7.51. The van der Waals surface area contributed by atoms with Crippen LogP contribution in [0.2, 0.25) is 0 Å². The number of methoxy groups -OCH3 is 1. The molecule has 1 aromatic heterocycles. The molecule has 0 bridgehead atoms. The second kappa shape index (κ2) is 13.4. The van der Waals surface area contributed by atoms with Gasteiger partial charge in [-0.1, -0.05) is 37.7 Å². The minimum absolute atomic E-state index is 0.0430. The lowest BCUT2D eigenvalue weighted by Crippen LogP contribution is -2.31. The number of aliphatic imine (C=N–C) groups is 1. The summed E-state index contributed by atoms with van der Waals surface area (Å²) in [5.41, 5.74) is 4.42. The standard InChI is InChI=1S/C30H25F4N7O4S/c1-17(2)23-11-10-22(44-3)13-25(23)41-26(42)15-46-29(41)37-28(43)38-36-14-19-5-4-18(12-24(19)31)27-35-16-40(39-27)20-6-8-21(9-7-20)45-30(32,33)34/h4-14,16-17H,15H2,1-3H3,(H,38,43)/b36-14+,37-29-. The number of anilines is 1. The fraction of sp³-hybridized carbons (Fsp3) is 0.200. The Labute approximate surface area is 263 Å². The van der Waals surface area contributed by atoms with Crippen LogP contribution in [0.4, 0.5) is 28.0 Å². The molecule has 1 fully saturated rings. The zero-order valence-corrected chi connectivity index (χ0v) is 25.3. The number of aromatic nitrogens is 3. The molecule has 46 heavy (non-hydrogen) atoms. The van der Waals surface area contributed by atoms with E-state index >= 15 is 0 Å². The second-order valence-electron chi connectivity index (χ2n) is 9.96. The van der Waals surface area contributed by atoms with E-state index in [1.54, 1.807) is 12.1 Å². The summed E-state index contributed by atoms with van der Waals surface area (Å²) in [5, 5.41) is 8.21. The number of hydrazone groups is 1. The van der Waals surface area contributed by atoms with Crippen LogP contribution in [0.15, 0.2) is 77.1 Å². The highest BCUT2D eigenvalue weighted by Crippen LogP contribution is 2.36. The quantitative estimate of drug-likeness (QED) is 0.135. The van der Waals surface area contributed by atoms with E-state index in [1.165, 1.54) is 53.4 Å². The molecule has 0 spiro atoms. The molecule has 1 saturated heterocycles. The number of rotatable bonds is 8. The van der Waals surface area contributed by atoms with Crippen molar-refractivity contribution in [2.75, 3.05) is 17.8 Å². The van der Waals surface area contributed by atoms with E-state index in [9.17, 15) is 27.2 Å². The smallest absolute Gasteiger partial charge is 0.497 e. The fourth-order valence-electron chi connectivity index (χ4n) is 4.37. The van der Waals surface area contributed by atoms with E-state index in [2.05, 4.69) is 30.3 Å². The highest BCUT2D eigenvalue weighted by atomic mass is 32.2. The molecule has 0 aliphatic carbocycles. The number of thioether (sulfide) groups is 1. The van der Waals surface area contributed by atoms with Gasteiger partial charge < -0.3 is 9.47 Å². The van der Waals surface area contributed by atoms with Crippen LogP contribution in [0.1, 0.15) is 30.9 Å². The average Bonchev–Trinajstić information content (AvgIpc) is 3.64. The molecule has 1 N–H and O–H groups in total. The molecule has 0 radical (unpaired) electrons. The molecule has 1 aliphatic heterocycles. The molecule has 1 aliphatic rings. The number of nitrogens with zero attached hydrogens (tertiary/aromatic N) is 6. The van der Waals surface area contributed by atoms with Gasteiger partial charge in [0.05, 0.1) is 30.5 Å². The lowest BCUT2D eigenvalue weighted by atomic mass is 10.00. The minimum Gasteiger partial charge on any atom is -0.497 e. The topological polar surface area (TPSA) is 123 Å². The summed E-state index contributed by atoms with van der Waals surface area (Å²) in [6.07, 6.45) is -2.39. The number of benzene rings is 3. The predicted molar refractivity (Wildman–Crippen MR) is 164 cm³/mol. The van der Waals surface area contributed by atoms with Crippen LogP contribution < -0.4 is 19.8 Å². The molecule has 2 heterocycles. The van der Waals surface area contributed by atoms with Gasteiger partial charge in [0.1, 0.15) is 23.6 Å². The van der Waals surface area contributed by atoms with Crippen molar-refractivity contribution in [1.82, 2.24) is 20.2 Å². The zero-order valence-electron chi connectivity index (χ0n) is 24.4. The third-order valence-electron chi connectivity index (χ3n) is 6.51. The Morgan fingerprint density at radius 1 is 1.09 bits per heavy atom. The summed E-state index contributed by atoms with van der Waals surface area (Å²) in [6.45, 7) is 3.96. The van der Waals surface area contributed by atoms with Gasteiger partial charge in [0, 0.05) is 17.2 Å². The molecule has 3 amide bonds. The van der Waals surface area contributed by atoms with Crippen LogP contribution in [0.25, 0.3) is 17.1 Å². The van der Waals surface area contributed by atoms with Gasteiger partial charge in [-0.2, -0.15) is 10.1 Å². The number of amidine groups is 1. The van der Waals surface area contributed by atoms with Crippen molar-refractivity contribution >= 4 is 40.8 Å². The number of nitrogens with one attached hydrogen (secondary N) is 1. The summed E-state index contributed by atoms with van der Waals surface area (Å²) in [5.74, 6) is -0.441. The Balaban J connectivity index is 1.25. The van der Waals surface area contributed by atoms with Crippen molar-refractivity contribution in [2.24, 2.45) is 10.1 Å². The highest BCUT2D eigenvalue weighted by molar-refractivity contribution is 8.15. The molecule has 238 valence electrons. The largest absolute Gasteiger partial charge is 0.573 e. The number of hydrogen-bond donors (Lipinski definition) is 1. The Morgan fingerprint density at radius 3 is 2.50 bits per heavy atom. The number of alkyl halides is 3. The maximum Gasteiger partial charge on any atom is 0.573 e. The van der Waals surface area contributed by atoms with Gasteiger partial charge in [0.15, 0.2) is 11.0 Å². The lowest BCUT2D eigenvalue weighted by Gasteiger charge is -2.22. The SMILES string of the molecule is COc1ccc(C(C)C)c(N2C(=O)CS/C2=N\C(=O)N/N=C/c2ccc(-c3ncn(-c4ccc(OC(F)(F)F)cc4)n3)cc2F)c1. The first kappa shape index (κ1) is 32.2. The number of halogens is 4. The van der Waals surface area contributed by atoms with Crippen LogP contribution in [0, 0.1) is 5.82 Å². The molecule has 3 aromatic carbocycles. The van der Waals surface area contributed by atoms with E-state index in [0.29, 0.717) is 22.7 Å². The van der Waals surface area contributed by atoms with Gasteiger partial charge in [-0.3, -0.25) is 9.69 Å². The number of hydrogen-bond acceptors (Lipinski definition) is 8. The number of carbonyl (C=O) groups excluding carboxylic acids is 2. The van der Waals surface area contributed by atoms with Gasteiger partial charge >= 0.3 is 12.4 Å². The van der Waals surface area contributed by atoms with E-state index in [-0.39, 0.29) is 39.9 Å². The highest BCUT2D eigenvalue weighted by Gasteiger charge is 2.33. The summed E-state index contributed by atoms with van der Waals surface area (Å²) >= 11 is 1.10. The summed E-state index contributed by atoms with van der Waals surface area (Å²) < 4.78 is 62.6. The summed E-state index contributed by atoms with van der Waals surface area (Å²) in [7, 11) is 1.52. The molecule has 5 rings (SSSR count). The van der Waals surface area contributed by atoms with Crippen LogP contribution in [0.3, 0.4) is 0 Å². The third-order valence-corrected chi connectivity index (χ3v) is 7.44. The molecule has 0 unspecified atom stereocenters. The van der Waals surface area contributed by atoms with Crippen LogP contribution in [0.5, 0.6) is 11.5 Å². The Hall–Kier alpha value is -5.25. The van der Waals surface area contributed by atoms with E-state index in [1.807, 2.05) is 19.9 Å². The van der Waals surface area contributed by atoms with Crippen LogP contribution in [-0.2, 0) is 4.79 Å². The monoisotopic (exact) mass is 655 g/mol. The van der Waals surface area contributed by atoms with Crippen molar-refractivity contribution in [2.45, 2.75) is 26.1 Å². The van der Waals surface area contributed by atoms with Gasteiger partial charge in [-0.15, -0.1) is 18.3 Å². The first-order chi connectivity index (χ1) is 21.9. The summed E-state index contributed by atoms with van der Waals surface area (Å²) in [4.78, 5) is 34.9. The Bertz CT molecular complexity index is 1820. The van der Waals surface area contributed by atoms with E-state index < -0.39 is 18.2 Å². The first-order valence-electron chi connectivity index (χ1n) is 13.5. The maximum absolute atomic E-state index is 14.9. The lowest BCUT2D eigenvalue weighted by molar-refractivity contribution is -0.274. The van der Waals surface area contributed by atoms with E-state index in [0.717, 1.165) is 35.7 Å². The molecule has 11 nitrogen and oxygen atoms in total. The van der Waals surface area contributed by atoms with Crippen molar-refractivity contribution in [3.63, 3.8) is 0 Å². The maximum atomic E-state index is 14.9. The first-order valence-corrected chi connectivity index (χ1v) is 14.5. The molecule has 0 saturated carbocycles. The number of ether oxygens (including phenoxy) is 2. The average molecular weight is 656 g/mol. The molecule has 0 atom stereocenters. The Morgan fingerprint density at radius 2 is 1.83 bits per heavy atom. The van der Waals surface area contributed by atoms with Gasteiger partial charge in [-0.25, -0.2) is 24.3 Å². The van der Waals surface area contributed by atoms with Gasteiger partial charge in [-0.05, 0) is 53.9 Å². The Kier molecular flexibility index (Phi) is 9.36. The fourth-order valence-corrected chi connectivity index (χ4v) is 5.23. The zero-order chi connectivity index (χ0) is 33.0. The number of urea groups is 1. The van der Waals surface area contributed by atoms with Crippen molar-refractivity contribution in [3.8, 4) is 28.6 Å². The molecule has 4 aromatic rings. The van der Waals surface area contributed by atoms with Crippen LogP contribution >= 0.6 is 11.8 Å². The van der Waals surface area contributed by atoms with Crippen molar-refractivity contribution in [3.05, 3.63) is 83.9 Å². The van der Waals surface area contributed by atoms with Gasteiger partial charge in [0.2, 0.25) is 5.91 Å². The van der Waals surface area contributed by atoms with Gasteiger partial charge in [0.25, 0.3) is 0 Å². The van der Waals surface area contributed by atoms with E-state index in [4.69, 9.17) is 4.74 Å². The predicted octanol–water partition coefficient (Wildman–Crippen LogP) is 6.28. The minimum atomic E-state index is -4.81. The normalized spacial score (nSPS) is 14.5. The number of carbonyl (C=O) groups is 2. The molecular formula is C30H25F4N7O4S.